The lowest BCUT2D eigenvalue weighted by molar-refractivity contribution is 0.321. The fourth-order valence-electron chi connectivity index (χ4n) is 2.92. The summed E-state index contributed by atoms with van der Waals surface area (Å²) >= 11 is 0. The van der Waals surface area contributed by atoms with Gasteiger partial charge in [-0.2, -0.15) is 0 Å². The number of sulfonamides is 1. The zero-order chi connectivity index (χ0) is 14.9. The van der Waals surface area contributed by atoms with Crippen molar-refractivity contribution in [3.05, 3.63) is 48.0 Å². The van der Waals surface area contributed by atoms with Crippen LogP contribution in [0, 0.1) is 0 Å². The predicted molar refractivity (Wildman–Crippen MR) is 85.3 cm³/mol. The standard InChI is InChI=1S/C16H20N2O2S/c17-21(19,20)16(8-3-9-16)12-18-11-13-6-7-14-4-1-2-5-15(14)10-13/h1-2,4-7,10,18H,3,8-9,11-12H2,(H2,17,19,20). The van der Waals surface area contributed by atoms with E-state index in [9.17, 15) is 8.42 Å². The zero-order valence-corrected chi connectivity index (χ0v) is 12.7. The fraction of sp³-hybridized carbons (Fsp3) is 0.375. The van der Waals surface area contributed by atoms with Crippen LogP contribution in [0.1, 0.15) is 24.8 Å². The molecule has 2 aromatic carbocycles. The van der Waals surface area contributed by atoms with Crippen molar-refractivity contribution in [2.24, 2.45) is 5.14 Å². The highest BCUT2D eigenvalue weighted by Gasteiger charge is 2.46. The van der Waals surface area contributed by atoms with E-state index < -0.39 is 14.8 Å². The van der Waals surface area contributed by atoms with E-state index in [-0.39, 0.29) is 0 Å². The second-order valence-electron chi connectivity index (χ2n) is 5.87. The van der Waals surface area contributed by atoms with E-state index in [0.29, 0.717) is 25.9 Å². The van der Waals surface area contributed by atoms with Gasteiger partial charge in [-0.1, -0.05) is 42.8 Å². The molecule has 1 fully saturated rings. The number of primary sulfonamides is 1. The number of hydrogen-bond acceptors (Lipinski definition) is 3. The van der Waals surface area contributed by atoms with Crippen LogP contribution >= 0.6 is 0 Å². The van der Waals surface area contributed by atoms with Crippen molar-refractivity contribution in [3.63, 3.8) is 0 Å². The van der Waals surface area contributed by atoms with E-state index in [1.54, 1.807) is 0 Å². The third kappa shape index (κ3) is 2.81. The Morgan fingerprint density at radius 3 is 2.43 bits per heavy atom. The first kappa shape index (κ1) is 14.5. The highest BCUT2D eigenvalue weighted by Crippen LogP contribution is 2.37. The molecule has 3 N–H and O–H groups in total. The molecule has 5 heteroatoms. The van der Waals surface area contributed by atoms with Crippen LogP contribution in [0.3, 0.4) is 0 Å². The number of hydrogen-bond donors (Lipinski definition) is 2. The lowest BCUT2D eigenvalue weighted by atomic mass is 9.84. The summed E-state index contributed by atoms with van der Waals surface area (Å²) in [6.45, 7) is 1.08. The van der Waals surface area contributed by atoms with Gasteiger partial charge in [0.05, 0.1) is 4.75 Å². The maximum atomic E-state index is 11.7. The molecule has 0 aromatic heterocycles. The first-order valence-corrected chi connectivity index (χ1v) is 8.76. The molecule has 3 rings (SSSR count). The Balaban J connectivity index is 1.67. The molecule has 0 spiro atoms. The molecule has 0 bridgehead atoms. The minimum atomic E-state index is -3.48. The second kappa shape index (κ2) is 5.40. The minimum absolute atomic E-state index is 0.429. The zero-order valence-electron chi connectivity index (χ0n) is 11.9. The summed E-state index contributed by atoms with van der Waals surface area (Å²) in [6.07, 6.45) is 2.27. The average molecular weight is 304 g/mol. The van der Waals surface area contributed by atoms with Crippen LogP contribution in [0.25, 0.3) is 10.8 Å². The van der Waals surface area contributed by atoms with Gasteiger partial charge < -0.3 is 5.32 Å². The molecule has 112 valence electrons. The summed E-state index contributed by atoms with van der Waals surface area (Å²) < 4.78 is 22.6. The van der Waals surface area contributed by atoms with Gasteiger partial charge in [0.25, 0.3) is 0 Å². The van der Waals surface area contributed by atoms with Crippen LogP contribution in [0.2, 0.25) is 0 Å². The number of nitrogens with two attached hydrogens (primary N) is 1. The van der Waals surface area contributed by atoms with Crippen LogP contribution in [0.15, 0.2) is 42.5 Å². The minimum Gasteiger partial charge on any atom is -0.311 e. The van der Waals surface area contributed by atoms with Gasteiger partial charge in [0.15, 0.2) is 0 Å². The van der Waals surface area contributed by atoms with Gasteiger partial charge in [0.1, 0.15) is 0 Å². The van der Waals surface area contributed by atoms with E-state index in [1.807, 2.05) is 12.1 Å². The molecule has 1 aliphatic carbocycles. The second-order valence-corrected chi connectivity index (χ2v) is 7.82. The Labute approximate surface area is 125 Å². The van der Waals surface area contributed by atoms with Crippen LogP contribution in [0.4, 0.5) is 0 Å². The molecule has 0 unspecified atom stereocenters. The van der Waals surface area contributed by atoms with E-state index in [0.717, 1.165) is 12.0 Å². The lowest BCUT2D eigenvalue weighted by Crippen LogP contribution is -2.55. The van der Waals surface area contributed by atoms with E-state index in [4.69, 9.17) is 5.14 Å². The molecule has 0 heterocycles. The van der Waals surface area contributed by atoms with Gasteiger partial charge in [-0.15, -0.1) is 0 Å². The van der Waals surface area contributed by atoms with Gasteiger partial charge in [-0.05, 0) is 35.2 Å². The smallest absolute Gasteiger partial charge is 0.216 e. The molecular weight excluding hydrogens is 284 g/mol. The SMILES string of the molecule is NS(=O)(=O)C1(CNCc2ccc3ccccc3c2)CCC1. The Morgan fingerprint density at radius 2 is 1.81 bits per heavy atom. The van der Waals surface area contributed by atoms with Gasteiger partial charge in [0.2, 0.25) is 10.0 Å². The summed E-state index contributed by atoms with van der Waals surface area (Å²) in [7, 11) is -3.48. The fourth-order valence-corrected chi connectivity index (χ4v) is 4.08. The largest absolute Gasteiger partial charge is 0.311 e. The third-order valence-corrected chi connectivity index (χ3v) is 6.22. The number of nitrogens with one attached hydrogen (secondary N) is 1. The topological polar surface area (TPSA) is 72.2 Å². The average Bonchev–Trinajstić information content (AvgIpc) is 2.40. The highest BCUT2D eigenvalue weighted by molar-refractivity contribution is 7.90. The summed E-state index contributed by atoms with van der Waals surface area (Å²) in [5.41, 5.74) is 1.15. The van der Waals surface area contributed by atoms with E-state index >= 15 is 0 Å². The number of rotatable bonds is 5. The molecule has 0 radical (unpaired) electrons. The first-order valence-electron chi connectivity index (χ1n) is 7.21. The van der Waals surface area contributed by atoms with Crippen molar-refractivity contribution in [1.82, 2.24) is 5.32 Å². The lowest BCUT2D eigenvalue weighted by Gasteiger charge is -2.39. The molecule has 1 aliphatic rings. The molecule has 21 heavy (non-hydrogen) atoms. The van der Waals surface area contributed by atoms with Crippen molar-refractivity contribution in [3.8, 4) is 0 Å². The monoisotopic (exact) mass is 304 g/mol. The van der Waals surface area contributed by atoms with Crippen LogP contribution in [-0.4, -0.2) is 19.7 Å². The predicted octanol–water partition coefficient (Wildman–Crippen LogP) is 2.14. The first-order chi connectivity index (χ1) is 10.0. The van der Waals surface area contributed by atoms with Gasteiger partial charge in [-0.3, -0.25) is 0 Å². The van der Waals surface area contributed by atoms with Gasteiger partial charge in [0, 0.05) is 13.1 Å². The number of benzene rings is 2. The Kier molecular flexibility index (Phi) is 3.73. The Morgan fingerprint density at radius 1 is 1.10 bits per heavy atom. The maximum Gasteiger partial charge on any atom is 0.216 e. The third-order valence-electron chi connectivity index (χ3n) is 4.46. The van der Waals surface area contributed by atoms with E-state index in [2.05, 4.69) is 35.6 Å². The Bertz CT molecular complexity index is 752. The summed E-state index contributed by atoms with van der Waals surface area (Å²) in [4.78, 5) is 0. The van der Waals surface area contributed by atoms with Crippen molar-refractivity contribution in [1.29, 1.82) is 0 Å². The van der Waals surface area contributed by atoms with E-state index in [1.165, 1.54) is 10.8 Å². The molecule has 0 atom stereocenters. The molecule has 2 aromatic rings. The summed E-state index contributed by atoms with van der Waals surface area (Å²) in [5, 5.41) is 11.0. The summed E-state index contributed by atoms with van der Waals surface area (Å²) in [5.74, 6) is 0. The summed E-state index contributed by atoms with van der Waals surface area (Å²) in [6, 6.07) is 14.5. The van der Waals surface area contributed by atoms with Crippen LogP contribution in [0.5, 0.6) is 0 Å². The highest BCUT2D eigenvalue weighted by atomic mass is 32.2. The molecule has 0 aliphatic heterocycles. The Hall–Kier alpha value is -1.43. The van der Waals surface area contributed by atoms with Crippen molar-refractivity contribution in [2.75, 3.05) is 6.54 Å². The molecule has 4 nitrogen and oxygen atoms in total. The maximum absolute atomic E-state index is 11.7. The van der Waals surface area contributed by atoms with Crippen LogP contribution < -0.4 is 10.5 Å². The van der Waals surface area contributed by atoms with Crippen LogP contribution in [-0.2, 0) is 16.6 Å². The number of fused-ring (bicyclic) bond motifs is 1. The molecule has 1 saturated carbocycles. The van der Waals surface area contributed by atoms with Crippen molar-refractivity contribution >= 4 is 20.8 Å². The normalized spacial score (nSPS) is 17.6. The quantitative estimate of drug-likeness (QED) is 0.889. The van der Waals surface area contributed by atoms with Gasteiger partial charge in [-0.25, -0.2) is 13.6 Å². The molecular formula is C16H20N2O2S. The van der Waals surface area contributed by atoms with Crippen molar-refractivity contribution < 1.29 is 8.42 Å². The molecule has 0 amide bonds. The molecule has 0 saturated heterocycles. The van der Waals surface area contributed by atoms with Gasteiger partial charge >= 0.3 is 0 Å². The van der Waals surface area contributed by atoms with Crippen molar-refractivity contribution in [2.45, 2.75) is 30.6 Å².